The highest BCUT2D eigenvalue weighted by atomic mass is 35.5. The molecule has 1 unspecified atom stereocenters. The molecule has 0 spiro atoms. The summed E-state index contributed by atoms with van der Waals surface area (Å²) in [5, 5.41) is 23.1. The van der Waals surface area contributed by atoms with Crippen molar-refractivity contribution in [3.63, 3.8) is 0 Å². The summed E-state index contributed by atoms with van der Waals surface area (Å²) < 4.78 is 5.11. The van der Waals surface area contributed by atoms with Crippen LogP contribution in [0.1, 0.15) is 6.92 Å². The van der Waals surface area contributed by atoms with Crippen molar-refractivity contribution in [3.8, 4) is 11.8 Å². The van der Waals surface area contributed by atoms with Gasteiger partial charge in [-0.05, 0) is 25.1 Å². The number of halogens is 1. The fourth-order valence-electron chi connectivity index (χ4n) is 1.43. The van der Waals surface area contributed by atoms with Crippen LogP contribution in [0.5, 0.6) is 5.75 Å². The van der Waals surface area contributed by atoms with E-state index in [9.17, 15) is 9.59 Å². The highest BCUT2D eigenvalue weighted by Gasteiger charge is 2.17. The Balaban J connectivity index is 2.90. The van der Waals surface area contributed by atoms with Crippen LogP contribution in [0.15, 0.2) is 30.0 Å². The van der Waals surface area contributed by atoms with Gasteiger partial charge in [-0.15, -0.1) is 0 Å². The number of nitrogens with zero attached hydrogens (tertiary/aromatic N) is 1. The van der Waals surface area contributed by atoms with Gasteiger partial charge in [-0.2, -0.15) is 5.26 Å². The molecule has 0 radical (unpaired) electrons. The first kappa shape index (κ1) is 17.3. The Morgan fingerprint density at radius 2 is 2.18 bits per heavy atom. The molecule has 3 N–H and O–H groups in total. The quantitative estimate of drug-likeness (QED) is 0.543. The number of amides is 1. The van der Waals surface area contributed by atoms with Gasteiger partial charge in [-0.3, -0.25) is 9.59 Å². The second-order valence-electron chi connectivity index (χ2n) is 4.19. The monoisotopic (exact) mass is 323 g/mol. The van der Waals surface area contributed by atoms with Crippen LogP contribution in [0.3, 0.4) is 0 Å². The molecular formula is C14H14ClN3O4. The Hall–Kier alpha value is -2.72. The Kier molecular flexibility index (Phi) is 6.23. The lowest BCUT2D eigenvalue weighted by Gasteiger charge is -2.10. The number of ether oxygens (including phenoxy) is 1. The molecule has 0 aromatic heterocycles. The molecule has 1 aromatic rings. The first-order valence-corrected chi connectivity index (χ1v) is 6.50. The largest absolute Gasteiger partial charge is 0.495 e. The van der Waals surface area contributed by atoms with Crippen molar-refractivity contribution >= 4 is 29.2 Å². The predicted octanol–water partition coefficient (Wildman–Crippen LogP) is 1.76. The minimum absolute atomic E-state index is 0.282. The number of aliphatic carboxylic acids is 1. The highest BCUT2D eigenvalue weighted by Crippen LogP contribution is 2.27. The summed E-state index contributed by atoms with van der Waals surface area (Å²) in [6, 6.07) is 5.39. The summed E-state index contributed by atoms with van der Waals surface area (Å²) in [5.74, 6) is -1.53. The lowest BCUT2D eigenvalue weighted by Crippen LogP contribution is -2.39. The zero-order valence-electron chi connectivity index (χ0n) is 11.9. The maximum atomic E-state index is 11.8. The number of carboxylic acid groups (broad SMARTS) is 1. The van der Waals surface area contributed by atoms with E-state index in [1.54, 1.807) is 24.3 Å². The normalized spacial score (nSPS) is 12.0. The first-order chi connectivity index (χ1) is 10.4. The van der Waals surface area contributed by atoms with Gasteiger partial charge < -0.3 is 20.5 Å². The van der Waals surface area contributed by atoms with E-state index < -0.39 is 17.9 Å². The molecule has 1 amide bonds. The number of hydrogen-bond acceptors (Lipinski definition) is 5. The maximum Gasteiger partial charge on any atom is 0.325 e. The average Bonchev–Trinajstić information content (AvgIpc) is 2.47. The smallest absolute Gasteiger partial charge is 0.325 e. The van der Waals surface area contributed by atoms with E-state index >= 15 is 0 Å². The number of rotatable bonds is 6. The Bertz CT molecular complexity index is 652. The van der Waals surface area contributed by atoms with Gasteiger partial charge in [0.25, 0.3) is 5.91 Å². The van der Waals surface area contributed by atoms with E-state index in [0.29, 0.717) is 16.5 Å². The number of methoxy groups -OCH3 is 1. The third-order valence-electron chi connectivity index (χ3n) is 2.62. The summed E-state index contributed by atoms with van der Waals surface area (Å²) in [6.07, 6.45) is 1.15. The van der Waals surface area contributed by atoms with Crippen molar-refractivity contribution in [2.75, 3.05) is 12.4 Å². The number of nitrogens with one attached hydrogen (secondary N) is 2. The van der Waals surface area contributed by atoms with Gasteiger partial charge in [-0.1, -0.05) is 11.6 Å². The summed E-state index contributed by atoms with van der Waals surface area (Å²) in [6.45, 7) is 1.29. The van der Waals surface area contributed by atoms with E-state index in [1.807, 2.05) is 0 Å². The summed E-state index contributed by atoms with van der Waals surface area (Å²) >= 11 is 5.86. The van der Waals surface area contributed by atoms with Crippen LogP contribution in [-0.4, -0.2) is 30.1 Å². The highest BCUT2D eigenvalue weighted by molar-refractivity contribution is 6.30. The van der Waals surface area contributed by atoms with Crippen LogP contribution in [0.4, 0.5) is 5.69 Å². The summed E-state index contributed by atoms with van der Waals surface area (Å²) in [7, 11) is 1.46. The van der Waals surface area contributed by atoms with Gasteiger partial charge in [0.15, 0.2) is 0 Å². The molecule has 116 valence electrons. The molecule has 0 heterocycles. The van der Waals surface area contributed by atoms with Gasteiger partial charge in [-0.25, -0.2) is 0 Å². The number of hydrogen-bond donors (Lipinski definition) is 3. The second kappa shape index (κ2) is 7.90. The van der Waals surface area contributed by atoms with E-state index in [0.717, 1.165) is 6.20 Å². The van der Waals surface area contributed by atoms with Crippen molar-refractivity contribution in [2.24, 2.45) is 0 Å². The molecule has 0 saturated carbocycles. The Morgan fingerprint density at radius 3 is 2.73 bits per heavy atom. The van der Waals surface area contributed by atoms with Crippen molar-refractivity contribution < 1.29 is 19.4 Å². The number of carboxylic acids is 1. The molecule has 0 aliphatic carbocycles. The number of carbonyl (C=O) groups excluding carboxylic acids is 1. The van der Waals surface area contributed by atoms with E-state index in [2.05, 4.69) is 10.6 Å². The number of carbonyl (C=O) groups is 2. The van der Waals surface area contributed by atoms with Crippen LogP contribution in [0, 0.1) is 11.3 Å². The maximum absolute atomic E-state index is 11.8. The lowest BCUT2D eigenvalue weighted by atomic mass is 10.2. The first-order valence-electron chi connectivity index (χ1n) is 6.13. The van der Waals surface area contributed by atoms with Crippen LogP contribution >= 0.6 is 11.6 Å². The molecule has 0 bridgehead atoms. The average molecular weight is 324 g/mol. The molecular weight excluding hydrogens is 310 g/mol. The van der Waals surface area contributed by atoms with Crippen molar-refractivity contribution in [1.82, 2.24) is 5.32 Å². The number of nitriles is 1. The molecule has 0 saturated heterocycles. The Morgan fingerprint density at radius 1 is 1.50 bits per heavy atom. The van der Waals surface area contributed by atoms with Gasteiger partial charge in [0, 0.05) is 11.2 Å². The van der Waals surface area contributed by atoms with Gasteiger partial charge in [0.1, 0.15) is 23.4 Å². The molecule has 0 aliphatic rings. The van der Waals surface area contributed by atoms with E-state index in [1.165, 1.54) is 14.0 Å². The van der Waals surface area contributed by atoms with Crippen molar-refractivity contribution in [2.45, 2.75) is 13.0 Å². The molecule has 0 fully saturated rings. The van der Waals surface area contributed by atoms with Gasteiger partial charge >= 0.3 is 5.97 Å². The van der Waals surface area contributed by atoms with Crippen LogP contribution < -0.4 is 15.4 Å². The molecule has 7 nitrogen and oxygen atoms in total. The molecule has 22 heavy (non-hydrogen) atoms. The number of benzene rings is 1. The number of anilines is 1. The lowest BCUT2D eigenvalue weighted by molar-refractivity contribution is -0.140. The zero-order valence-corrected chi connectivity index (χ0v) is 12.6. The molecule has 1 atom stereocenters. The molecule has 1 aromatic carbocycles. The second-order valence-corrected chi connectivity index (χ2v) is 4.63. The fourth-order valence-corrected chi connectivity index (χ4v) is 1.60. The SMILES string of the molecule is COc1ccc(Cl)cc1N/C=C(/C#N)C(=O)NC(C)C(=O)O. The fraction of sp³-hybridized carbons (Fsp3) is 0.214. The van der Waals surface area contributed by atoms with Crippen molar-refractivity contribution in [3.05, 3.63) is 35.0 Å². The van der Waals surface area contributed by atoms with Crippen molar-refractivity contribution in [1.29, 1.82) is 5.26 Å². The third-order valence-corrected chi connectivity index (χ3v) is 2.85. The summed E-state index contributed by atoms with van der Waals surface area (Å²) in [5.41, 5.74) is 0.178. The topological polar surface area (TPSA) is 111 Å². The van der Waals surface area contributed by atoms with Gasteiger partial charge in [0.05, 0.1) is 12.8 Å². The molecule has 0 aliphatic heterocycles. The van der Waals surface area contributed by atoms with Crippen LogP contribution in [-0.2, 0) is 9.59 Å². The zero-order chi connectivity index (χ0) is 16.7. The van der Waals surface area contributed by atoms with Gasteiger partial charge in [0.2, 0.25) is 0 Å². The minimum Gasteiger partial charge on any atom is -0.495 e. The molecule has 1 rings (SSSR count). The predicted molar refractivity (Wildman–Crippen MR) is 80.6 cm³/mol. The standard InChI is InChI=1S/C14H14ClN3O4/c1-8(14(20)21)18-13(19)9(6-16)7-17-11-5-10(15)3-4-12(11)22-2/h3-5,7-8,17H,1-2H3,(H,18,19)(H,20,21)/b9-7-. The van der Waals surface area contributed by atoms with E-state index in [-0.39, 0.29) is 5.57 Å². The Labute approximate surface area is 132 Å². The van der Waals surface area contributed by atoms with Crippen LogP contribution in [0.2, 0.25) is 5.02 Å². The molecule has 8 heteroatoms. The van der Waals surface area contributed by atoms with E-state index in [4.69, 9.17) is 26.7 Å². The third kappa shape index (κ3) is 4.68. The minimum atomic E-state index is -1.20. The summed E-state index contributed by atoms with van der Waals surface area (Å²) in [4.78, 5) is 22.5. The van der Waals surface area contributed by atoms with Crippen LogP contribution in [0.25, 0.3) is 0 Å².